The van der Waals surface area contributed by atoms with Crippen molar-refractivity contribution < 1.29 is 9.90 Å². The lowest BCUT2D eigenvalue weighted by Gasteiger charge is -2.32. The van der Waals surface area contributed by atoms with Crippen LogP contribution < -0.4 is 5.73 Å². The molecule has 3 N–H and O–H groups in total. The van der Waals surface area contributed by atoms with Crippen LogP contribution >= 0.6 is 0 Å². The summed E-state index contributed by atoms with van der Waals surface area (Å²) in [6.07, 6.45) is 3.67. The summed E-state index contributed by atoms with van der Waals surface area (Å²) in [6.45, 7) is 3.90. The highest BCUT2D eigenvalue weighted by molar-refractivity contribution is 5.67. The summed E-state index contributed by atoms with van der Waals surface area (Å²) in [7, 11) is 0. The van der Waals surface area contributed by atoms with Crippen molar-refractivity contribution in [1.82, 2.24) is 0 Å². The van der Waals surface area contributed by atoms with E-state index in [4.69, 9.17) is 10.8 Å². The highest BCUT2D eigenvalue weighted by Gasteiger charge is 2.37. The van der Waals surface area contributed by atoms with Crippen molar-refractivity contribution in [3.8, 4) is 0 Å². The third-order valence-corrected chi connectivity index (χ3v) is 3.11. The molecule has 0 spiro atoms. The molecule has 76 valence electrons. The van der Waals surface area contributed by atoms with E-state index < -0.39 is 5.97 Å². The Morgan fingerprint density at radius 1 is 1.69 bits per heavy atom. The van der Waals surface area contributed by atoms with E-state index in [0.717, 1.165) is 12.3 Å². The Morgan fingerprint density at radius 2 is 2.23 bits per heavy atom. The van der Waals surface area contributed by atoms with Crippen LogP contribution in [0, 0.1) is 11.3 Å². The minimum Gasteiger partial charge on any atom is -0.481 e. The van der Waals surface area contributed by atoms with Crippen LogP contribution in [0.25, 0.3) is 0 Å². The monoisotopic (exact) mass is 185 g/mol. The molecule has 0 radical (unpaired) electrons. The number of carboxylic acid groups (broad SMARTS) is 1. The van der Waals surface area contributed by atoms with E-state index in [0.29, 0.717) is 0 Å². The zero-order chi connectivity index (χ0) is 10.1. The van der Waals surface area contributed by atoms with E-state index in [2.05, 4.69) is 0 Å². The second-order valence-corrected chi connectivity index (χ2v) is 4.66. The third kappa shape index (κ3) is 2.99. The van der Waals surface area contributed by atoms with Crippen LogP contribution in [0.2, 0.25) is 0 Å². The van der Waals surface area contributed by atoms with Crippen LogP contribution in [0.3, 0.4) is 0 Å². The van der Waals surface area contributed by atoms with Crippen molar-refractivity contribution in [1.29, 1.82) is 0 Å². The number of hydrogen-bond acceptors (Lipinski definition) is 2. The predicted molar refractivity (Wildman–Crippen MR) is 51.4 cm³/mol. The lowest BCUT2D eigenvalue weighted by molar-refractivity contribution is -0.140. The standard InChI is InChI=1S/C10H19NO2/c1-7(11)10(2,6-9(12)13)5-8-3-4-8/h7-8H,3-6,11H2,1-2H3,(H,12,13). The molecule has 1 rings (SSSR count). The van der Waals surface area contributed by atoms with Gasteiger partial charge in [0.2, 0.25) is 0 Å². The minimum atomic E-state index is -0.736. The lowest BCUT2D eigenvalue weighted by Crippen LogP contribution is -2.39. The van der Waals surface area contributed by atoms with Gasteiger partial charge in [-0.05, 0) is 24.7 Å². The maximum atomic E-state index is 10.7. The predicted octanol–water partition coefficient (Wildman–Crippen LogP) is 1.61. The van der Waals surface area contributed by atoms with Crippen LogP contribution in [0.5, 0.6) is 0 Å². The number of rotatable bonds is 5. The van der Waals surface area contributed by atoms with Gasteiger partial charge in [-0.25, -0.2) is 0 Å². The lowest BCUT2D eigenvalue weighted by atomic mass is 9.76. The maximum absolute atomic E-state index is 10.7. The van der Waals surface area contributed by atoms with E-state index in [1.807, 2.05) is 13.8 Å². The van der Waals surface area contributed by atoms with E-state index in [9.17, 15) is 4.79 Å². The van der Waals surface area contributed by atoms with E-state index >= 15 is 0 Å². The molecule has 0 aromatic carbocycles. The fourth-order valence-corrected chi connectivity index (χ4v) is 1.75. The summed E-state index contributed by atoms with van der Waals surface area (Å²) in [5.74, 6) is -0.00389. The van der Waals surface area contributed by atoms with Gasteiger partial charge in [0.05, 0.1) is 6.42 Å². The first kappa shape index (κ1) is 10.5. The highest BCUT2D eigenvalue weighted by atomic mass is 16.4. The molecule has 1 aliphatic rings. The van der Waals surface area contributed by atoms with Gasteiger partial charge in [-0.1, -0.05) is 19.8 Å². The van der Waals surface area contributed by atoms with Crippen molar-refractivity contribution in [2.75, 3.05) is 0 Å². The molecule has 2 atom stereocenters. The molecular weight excluding hydrogens is 166 g/mol. The average molecular weight is 185 g/mol. The fraction of sp³-hybridized carbons (Fsp3) is 0.900. The molecule has 3 nitrogen and oxygen atoms in total. The Balaban J connectivity index is 2.54. The second-order valence-electron chi connectivity index (χ2n) is 4.66. The molecule has 1 aliphatic carbocycles. The second kappa shape index (κ2) is 3.66. The molecule has 2 unspecified atom stereocenters. The number of carbonyl (C=O) groups is 1. The summed E-state index contributed by atoms with van der Waals surface area (Å²) in [5.41, 5.74) is 5.62. The highest BCUT2D eigenvalue weighted by Crippen LogP contribution is 2.43. The zero-order valence-corrected chi connectivity index (χ0v) is 8.42. The van der Waals surface area contributed by atoms with Gasteiger partial charge >= 0.3 is 5.97 Å². The topological polar surface area (TPSA) is 63.3 Å². The molecule has 0 amide bonds. The van der Waals surface area contributed by atoms with Crippen molar-refractivity contribution >= 4 is 5.97 Å². The summed E-state index contributed by atoms with van der Waals surface area (Å²) in [4.78, 5) is 10.7. The third-order valence-electron chi connectivity index (χ3n) is 3.11. The first-order chi connectivity index (χ1) is 5.94. The van der Waals surface area contributed by atoms with E-state index in [1.54, 1.807) is 0 Å². The van der Waals surface area contributed by atoms with Gasteiger partial charge in [-0.15, -0.1) is 0 Å². The molecule has 0 saturated heterocycles. The van der Waals surface area contributed by atoms with Gasteiger partial charge in [0.25, 0.3) is 0 Å². The summed E-state index contributed by atoms with van der Waals surface area (Å²) in [5, 5.41) is 8.78. The number of nitrogens with two attached hydrogens (primary N) is 1. The van der Waals surface area contributed by atoms with Gasteiger partial charge in [-0.3, -0.25) is 4.79 Å². The molecular formula is C10H19NO2. The summed E-state index contributed by atoms with van der Waals surface area (Å²) in [6, 6.07) is -0.0378. The van der Waals surface area contributed by atoms with Crippen LogP contribution in [0.15, 0.2) is 0 Å². The van der Waals surface area contributed by atoms with Gasteiger partial charge in [0.1, 0.15) is 0 Å². The van der Waals surface area contributed by atoms with Gasteiger partial charge < -0.3 is 10.8 Å². The maximum Gasteiger partial charge on any atom is 0.303 e. The molecule has 0 heterocycles. The molecule has 0 aliphatic heterocycles. The molecule has 0 bridgehead atoms. The number of hydrogen-bond donors (Lipinski definition) is 2. The zero-order valence-electron chi connectivity index (χ0n) is 8.42. The molecule has 3 heteroatoms. The van der Waals surface area contributed by atoms with Crippen LogP contribution in [0.4, 0.5) is 0 Å². The van der Waals surface area contributed by atoms with Crippen LogP contribution in [-0.2, 0) is 4.79 Å². The average Bonchev–Trinajstić information content (AvgIpc) is 2.69. The molecule has 1 fully saturated rings. The van der Waals surface area contributed by atoms with Crippen LogP contribution in [0.1, 0.15) is 39.5 Å². The summed E-state index contributed by atoms with van der Waals surface area (Å²) < 4.78 is 0. The Hall–Kier alpha value is -0.570. The fourth-order valence-electron chi connectivity index (χ4n) is 1.75. The Morgan fingerprint density at radius 3 is 2.54 bits per heavy atom. The van der Waals surface area contributed by atoms with Crippen molar-refractivity contribution in [2.45, 2.75) is 45.6 Å². The van der Waals surface area contributed by atoms with E-state index in [1.165, 1.54) is 12.8 Å². The minimum absolute atomic E-state index is 0.0378. The molecule has 0 aromatic heterocycles. The van der Waals surface area contributed by atoms with Gasteiger partial charge in [0.15, 0.2) is 0 Å². The Bertz CT molecular complexity index is 199. The molecule has 13 heavy (non-hydrogen) atoms. The van der Waals surface area contributed by atoms with Crippen molar-refractivity contribution in [3.63, 3.8) is 0 Å². The normalized spacial score (nSPS) is 23.6. The Labute approximate surface area is 79.3 Å². The largest absolute Gasteiger partial charge is 0.481 e. The smallest absolute Gasteiger partial charge is 0.303 e. The van der Waals surface area contributed by atoms with Gasteiger partial charge in [0, 0.05) is 6.04 Å². The number of carboxylic acids is 1. The van der Waals surface area contributed by atoms with Crippen molar-refractivity contribution in [2.24, 2.45) is 17.1 Å². The first-order valence-corrected chi connectivity index (χ1v) is 4.91. The molecule has 1 saturated carbocycles. The number of aliphatic carboxylic acids is 1. The van der Waals surface area contributed by atoms with Gasteiger partial charge in [-0.2, -0.15) is 0 Å². The SMILES string of the molecule is CC(N)C(C)(CC(=O)O)CC1CC1. The molecule has 0 aromatic rings. The first-order valence-electron chi connectivity index (χ1n) is 4.91. The quantitative estimate of drug-likeness (QED) is 0.684. The van der Waals surface area contributed by atoms with Crippen molar-refractivity contribution in [3.05, 3.63) is 0 Å². The Kier molecular flexibility index (Phi) is 2.96. The van der Waals surface area contributed by atoms with E-state index in [-0.39, 0.29) is 17.9 Å². The van der Waals surface area contributed by atoms with Crippen LogP contribution in [-0.4, -0.2) is 17.1 Å². The summed E-state index contributed by atoms with van der Waals surface area (Å²) >= 11 is 0.